The first-order chi connectivity index (χ1) is 9.97. The Morgan fingerprint density at radius 2 is 1.90 bits per heavy atom. The van der Waals surface area contributed by atoms with Crippen LogP contribution < -0.4 is 10.1 Å². The number of nitrogens with one attached hydrogen (secondary N) is 1. The minimum Gasteiger partial charge on any atom is -0.489 e. The van der Waals surface area contributed by atoms with E-state index >= 15 is 0 Å². The van der Waals surface area contributed by atoms with Crippen LogP contribution >= 0.6 is 23.2 Å². The molecule has 0 saturated carbocycles. The van der Waals surface area contributed by atoms with Gasteiger partial charge in [0, 0.05) is 22.8 Å². The van der Waals surface area contributed by atoms with Crippen molar-refractivity contribution >= 4 is 28.9 Å². The fraction of sp³-hybridized carbons (Fsp3) is 0.250. The summed E-state index contributed by atoms with van der Waals surface area (Å²) in [5.74, 6) is 0.294. The van der Waals surface area contributed by atoms with E-state index in [2.05, 4.69) is 5.32 Å². The molecule has 0 bridgehead atoms. The van der Waals surface area contributed by atoms with Gasteiger partial charge in [0.1, 0.15) is 11.6 Å². The van der Waals surface area contributed by atoms with E-state index in [0.717, 1.165) is 5.69 Å². The summed E-state index contributed by atoms with van der Waals surface area (Å²) in [6.45, 7) is 4.15. The Bertz CT molecular complexity index is 611. The van der Waals surface area contributed by atoms with Crippen molar-refractivity contribution in [3.05, 3.63) is 57.8 Å². The van der Waals surface area contributed by atoms with Crippen molar-refractivity contribution in [2.24, 2.45) is 0 Å². The number of halogens is 3. The minimum atomic E-state index is -0.333. The van der Waals surface area contributed by atoms with Crippen molar-refractivity contribution in [2.45, 2.75) is 26.5 Å². The molecule has 0 unspecified atom stereocenters. The summed E-state index contributed by atoms with van der Waals surface area (Å²) >= 11 is 12.1. The maximum Gasteiger partial charge on any atom is 0.138 e. The second kappa shape index (κ2) is 7.01. The van der Waals surface area contributed by atoms with Crippen LogP contribution in [-0.4, -0.2) is 6.10 Å². The van der Waals surface area contributed by atoms with Gasteiger partial charge in [-0.2, -0.15) is 0 Å². The molecule has 0 amide bonds. The maximum atomic E-state index is 13.7. The molecule has 2 nitrogen and oxygen atoms in total. The molecule has 2 aromatic rings. The Kier molecular flexibility index (Phi) is 5.32. The van der Waals surface area contributed by atoms with Gasteiger partial charge in [0.15, 0.2) is 0 Å². The number of rotatable bonds is 5. The highest BCUT2D eigenvalue weighted by Gasteiger charge is 2.08. The minimum absolute atomic E-state index is 0.0542. The average Bonchev–Trinajstić information content (AvgIpc) is 2.41. The van der Waals surface area contributed by atoms with E-state index in [1.165, 1.54) is 6.07 Å². The number of benzene rings is 2. The normalized spacial score (nSPS) is 10.8. The molecule has 0 spiro atoms. The van der Waals surface area contributed by atoms with Crippen molar-refractivity contribution in [2.75, 3.05) is 5.32 Å². The van der Waals surface area contributed by atoms with Crippen LogP contribution in [0.15, 0.2) is 36.4 Å². The van der Waals surface area contributed by atoms with E-state index in [-0.39, 0.29) is 18.5 Å². The van der Waals surface area contributed by atoms with Crippen molar-refractivity contribution in [3.63, 3.8) is 0 Å². The Morgan fingerprint density at radius 1 is 1.14 bits per heavy atom. The lowest BCUT2D eigenvalue weighted by molar-refractivity contribution is 0.242. The second-order valence-electron chi connectivity index (χ2n) is 4.87. The summed E-state index contributed by atoms with van der Waals surface area (Å²) in [7, 11) is 0. The molecule has 2 aromatic carbocycles. The van der Waals surface area contributed by atoms with Gasteiger partial charge >= 0.3 is 0 Å². The highest BCUT2D eigenvalue weighted by atomic mass is 35.5. The summed E-state index contributed by atoms with van der Waals surface area (Å²) in [5, 5.41) is 4.00. The Morgan fingerprint density at radius 3 is 2.52 bits per heavy atom. The zero-order valence-corrected chi connectivity index (χ0v) is 13.3. The molecule has 0 aromatic heterocycles. The van der Waals surface area contributed by atoms with Crippen LogP contribution in [0.2, 0.25) is 10.0 Å². The third-order valence-corrected chi connectivity index (χ3v) is 3.48. The van der Waals surface area contributed by atoms with Gasteiger partial charge in [0.2, 0.25) is 0 Å². The van der Waals surface area contributed by atoms with E-state index in [1.807, 2.05) is 19.9 Å². The molecule has 0 aliphatic heterocycles. The van der Waals surface area contributed by atoms with E-state index in [4.69, 9.17) is 27.9 Å². The molecular weight excluding hydrogens is 312 g/mol. The molecule has 5 heteroatoms. The lowest BCUT2D eigenvalue weighted by Gasteiger charge is -2.13. The van der Waals surface area contributed by atoms with Gasteiger partial charge in [0.25, 0.3) is 0 Å². The first-order valence-electron chi connectivity index (χ1n) is 6.60. The van der Waals surface area contributed by atoms with Crippen LogP contribution in [0.4, 0.5) is 10.1 Å². The predicted octanol–water partition coefficient (Wildman–Crippen LogP) is 5.53. The molecule has 0 fully saturated rings. The summed E-state index contributed by atoms with van der Waals surface area (Å²) in [5.41, 5.74) is 1.20. The molecule has 0 aliphatic carbocycles. The third-order valence-electron chi connectivity index (χ3n) is 2.83. The fourth-order valence-electron chi connectivity index (χ4n) is 1.85. The Labute approximate surface area is 133 Å². The van der Waals surface area contributed by atoms with E-state index in [1.54, 1.807) is 24.3 Å². The van der Waals surface area contributed by atoms with Gasteiger partial charge < -0.3 is 10.1 Å². The van der Waals surface area contributed by atoms with Gasteiger partial charge in [-0.15, -0.1) is 0 Å². The van der Waals surface area contributed by atoms with Crippen molar-refractivity contribution < 1.29 is 9.13 Å². The molecule has 0 aliphatic rings. The molecule has 0 radical (unpaired) electrons. The van der Waals surface area contributed by atoms with Gasteiger partial charge in [-0.3, -0.25) is 0 Å². The lowest BCUT2D eigenvalue weighted by atomic mass is 10.2. The smallest absolute Gasteiger partial charge is 0.138 e. The number of ether oxygens (including phenoxy) is 1. The first kappa shape index (κ1) is 15.9. The monoisotopic (exact) mass is 327 g/mol. The van der Waals surface area contributed by atoms with Crippen LogP contribution in [0.5, 0.6) is 5.75 Å². The molecule has 0 atom stereocenters. The topological polar surface area (TPSA) is 21.3 Å². The summed E-state index contributed by atoms with van der Waals surface area (Å²) in [4.78, 5) is 0. The third kappa shape index (κ3) is 4.26. The molecule has 0 saturated heterocycles. The SMILES string of the molecule is CC(C)Oc1ccc(NCc2c(F)cccc2Cl)cc1Cl. The van der Waals surface area contributed by atoms with Crippen LogP contribution in [0.25, 0.3) is 0 Å². The highest BCUT2D eigenvalue weighted by Crippen LogP contribution is 2.29. The first-order valence-corrected chi connectivity index (χ1v) is 7.36. The second-order valence-corrected chi connectivity index (χ2v) is 5.68. The van der Waals surface area contributed by atoms with Crippen molar-refractivity contribution in [1.82, 2.24) is 0 Å². The molecule has 0 heterocycles. The van der Waals surface area contributed by atoms with Gasteiger partial charge in [0.05, 0.1) is 11.1 Å². The fourth-order valence-corrected chi connectivity index (χ4v) is 2.31. The van der Waals surface area contributed by atoms with Crippen LogP contribution in [0, 0.1) is 5.82 Å². The molecule has 1 N–H and O–H groups in total. The Balaban J connectivity index is 2.09. The highest BCUT2D eigenvalue weighted by molar-refractivity contribution is 6.32. The van der Waals surface area contributed by atoms with Crippen LogP contribution in [-0.2, 0) is 6.54 Å². The molecule has 21 heavy (non-hydrogen) atoms. The largest absolute Gasteiger partial charge is 0.489 e. The zero-order chi connectivity index (χ0) is 15.4. The predicted molar refractivity (Wildman–Crippen MR) is 86.0 cm³/mol. The van der Waals surface area contributed by atoms with E-state index < -0.39 is 0 Å². The van der Waals surface area contributed by atoms with Gasteiger partial charge in [-0.25, -0.2) is 4.39 Å². The standard InChI is InChI=1S/C16H16Cl2FNO/c1-10(2)21-16-7-6-11(8-14(16)18)20-9-12-13(17)4-3-5-15(12)19/h3-8,10,20H,9H2,1-2H3. The zero-order valence-electron chi connectivity index (χ0n) is 11.8. The van der Waals surface area contributed by atoms with Crippen molar-refractivity contribution in [3.8, 4) is 5.75 Å². The van der Waals surface area contributed by atoms with Crippen LogP contribution in [0.1, 0.15) is 19.4 Å². The molecule has 2 rings (SSSR count). The van der Waals surface area contributed by atoms with Crippen molar-refractivity contribution in [1.29, 1.82) is 0 Å². The number of hydrogen-bond acceptors (Lipinski definition) is 2. The number of hydrogen-bond donors (Lipinski definition) is 1. The maximum absolute atomic E-state index is 13.7. The number of anilines is 1. The molecule has 112 valence electrons. The summed E-state index contributed by atoms with van der Waals surface area (Å²) in [6.07, 6.45) is 0.0542. The quantitative estimate of drug-likeness (QED) is 0.779. The average molecular weight is 328 g/mol. The Hall–Kier alpha value is -1.45. The van der Waals surface area contributed by atoms with Gasteiger partial charge in [-0.05, 0) is 44.2 Å². The van der Waals surface area contributed by atoms with Crippen LogP contribution in [0.3, 0.4) is 0 Å². The van der Waals surface area contributed by atoms with E-state index in [9.17, 15) is 4.39 Å². The van der Waals surface area contributed by atoms with E-state index in [0.29, 0.717) is 21.4 Å². The summed E-state index contributed by atoms with van der Waals surface area (Å²) in [6, 6.07) is 9.99. The summed E-state index contributed by atoms with van der Waals surface area (Å²) < 4.78 is 19.2. The lowest BCUT2D eigenvalue weighted by Crippen LogP contribution is -2.06. The van der Waals surface area contributed by atoms with Gasteiger partial charge in [-0.1, -0.05) is 29.3 Å². The molecular formula is C16H16Cl2FNO.